The molecule has 0 atom stereocenters. The van der Waals surface area contributed by atoms with E-state index in [-0.39, 0.29) is 5.75 Å². The SMILES string of the molecule is Cc1nnc(-c2ccc(C)c(O)c2)nn1. The molecule has 5 heteroatoms. The van der Waals surface area contributed by atoms with Crippen molar-refractivity contribution in [2.75, 3.05) is 0 Å². The molecule has 0 radical (unpaired) electrons. The number of hydrogen-bond acceptors (Lipinski definition) is 5. The van der Waals surface area contributed by atoms with Gasteiger partial charge in [0.15, 0.2) is 5.82 Å². The Balaban J connectivity index is 2.45. The van der Waals surface area contributed by atoms with E-state index in [1.165, 1.54) is 0 Å². The first-order valence-electron chi connectivity index (χ1n) is 4.51. The van der Waals surface area contributed by atoms with E-state index in [1.807, 2.05) is 13.0 Å². The molecule has 2 rings (SSSR count). The van der Waals surface area contributed by atoms with Gasteiger partial charge in [-0.15, -0.1) is 20.4 Å². The Morgan fingerprint density at radius 2 is 1.67 bits per heavy atom. The molecule has 0 aliphatic rings. The van der Waals surface area contributed by atoms with Gasteiger partial charge in [0, 0.05) is 5.56 Å². The maximum absolute atomic E-state index is 9.52. The second kappa shape index (κ2) is 3.61. The molecule has 2 aromatic rings. The van der Waals surface area contributed by atoms with Crippen molar-refractivity contribution in [3.8, 4) is 17.1 Å². The molecule has 0 amide bonds. The first kappa shape index (κ1) is 9.51. The van der Waals surface area contributed by atoms with Gasteiger partial charge in [0.25, 0.3) is 0 Å². The summed E-state index contributed by atoms with van der Waals surface area (Å²) in [6, 6.07) is 5.22. The second-order valence-electron chi connectivity index (χ2n) is 3.27. The number of rotatable bonds is 1. The van der Waals surface area contributed by atoms with Crippen molar-refractivity contribution in [3.05, 3.63) is 29.6 Å². The molecule has 1 N–H and O–H groups in total. The first-order chi connectivity index (χ1) is 7.16. The van der Waals surface area contributed by atoms with E-state index >= 15 is 0 Å². The third-order valence-electron chi connectivity index (χ3n) is 2.05. The van der Waals surface area contributed by atoms with Gasteiger partial charge in [-0.3, -0.25) is 0 Å². The lowest BCUT2D eigenvalue weighted by atomic mass is 10.1. The monoisotopic (exact) mass is 202 g/mol. The molecule has 0 aliphatic carbocycles. The fraction of sp³-hybridized carbons (Fsp3) is 0.200. The predicted octanol–water partition coefficient (Wildman–Crippen LogP) is 1.26. The zero-order valence-corrected chi connectivity index (χ0v) is 8.47. The number of nitrogens with zero attached hydrogens (tertiary/aromatic N) is 4. The van der Waals surface area contributed by atoms with Crippen LogP contribution in [0.2, 0.25) is 0 Å². The highest BCUT2D eigenvalue weighted by molar-refractivity contribution is 5.57. The summed E-state index contributed by atoms with van der Waals surface area (Å²) in [5.41, 5.74) is 1.52. The number of aryl methyl sites for hydroxylation is 2. The van der Waals surface area contributed by atoms with Gasteiger partial charge in [-0.1, -0.05) is 12.1 Å². The van der Waals surface area contributed by atoms with E-state index in [9.17, 15) is 5.11 Å². The van der Waals surface area contributed by atoms with Crippen LogP contribution in [0.25, 0.3) is 11.4 Å². The molecule has 15 heavy (non-hydrogen) atoms. The standard InChI is InChI=1S/C10H10N4O/c1-6-3-4-8(5-9(6)15)10-13-11-7(2)12-14-10/h3-5,15H,1-2H3. The number of aromatic nitrogens is 4. The zero-order chi connectivity index (χ0) is 10.8. The van der Waals surface area contributed by atoms with Gasteiger partial charge in [-0.05, 0) is 25.5 Å². The number of phenols is 1. The van der Waals surface area contributed by atoms with Gasteiger partial charge >= 0.3 is 0 Å². The summed E-state index contributed by atoms with van der Waals surface area (Å²) >= 11 is 0. The lowest BCUT2D eigenvalue weighted by molar-refractivity contribution is 0.471. The Hall–Kier alpha value is -2.04. The highest BCUT2D eigenvalue weighted by atomic mass is 16.3. The van der Waals surface area contributed by atoms with Gasteiger partial charge in [-0.2, -0.15) is 0 Å². The van der Waals surface area contributed by atoms with E-state index in [1.54, 1.807) is 19.1 Å². The molecular weight excluding hydrogens is 192 g/mol. The molecule has 1 heterocycles. The molecule has 0 spiro atoms. The van der Waals surface area contributed by atoms with Crippen molar-refractivity contribution in [2.24, 2.45) is 0 Å². The average Bonchev–Trinajstić information content (AvgIpc) is 2.23. The minimum atomic E-state index is 0.219. The van der Waals surface area contributed by atoms with Gasteiger partial charge < -0.3 is 5.11 Å². The van der Waals surface area contributed by atoms with Crippen molar-refractivity contribution >= 4 is 0 Å². The number of benzene rings is 1. The predicted molar refractivity (Wildman–Crippen MR) is 54.2 cm³/mol. The normalized spacial score (nSPS) is 10.3. The fourth-order valence-electron chi connectivity index (χ4n) is 1.14. The topological polar surface area (TPSA) is 71.8 Å². The molecule has 0 saturated heterocycles. The van der Waals surface area contributed by atoms with E-state index in [0.29, 0.717) is 17.2 Å². The van der Waals surface area contributed by atoms with E-state index in [4.69, 9.17) is 0 Å². The summed E-state index contributed by atoms with van der Waals surface area (Å²) in [7, 11) is 0. The van der Waals surface area contributed by atoms with E-state index < -0.39 is 0 Å². The van der Waals surface area contributed by atoms with Crippen LogP contribution in [0.4, 0.5) is 0 Å². The smallest absolute Gasteiger partial charge is 0.203 e. The molecule has 76 valence electrons. The molecule has 0 unspecified atom stereocenters. The van der Waals surface area contributed by atoms with Crippen LogP contribution < -0.4 is 0 Å². The van der Waals surface area contributed by atoms with Crippen molar-refractivity contribution in [1.29, 1.82) is 0 Å². The third-order valence-corrected chi connectivity index (χ3v) is 2.05. The van der Waals surface area contributed by atoms with E-state index in [2.05, 4.69) is 20.4 Å². The zero-order valence-electron chi connectivity index (χ0n) is 8.47. The largest absolute Gasteiger partial charge is 0.508 e. The minimum absolute atomic E-state index is 0.219. The van der Waals surface area contributed by atoms with Gasteiger partial charge in [0.2, 0.25) is 5.82 Å². The third kappa shape index (κ3) is 1.90. The molecule has 5 nitrogen and oxygen atoms in total. The van der Waals surface area contributed by atoms with Crippen LogP contribution in [-0.2, 0) is 0 Å². The quantitative estimate of drug-likeness (QED) is 0.753. The summed E-state index contributed by atoms with van der Waals surface area (Å²) in [5, 5.41) is 24.9. The minimum Gasteiger partial charge on any atom is -0.508 e. The summed E-state index contributed by atoms with van der Waals surface area (Å²) in [5.74, 6) is 1.16. The molecule has 0 fully saturated rings. The maximum atomic E-state index is 9.52. The summed E-state index contributed by atoms with van der Waals surface area (Å²) < 4.78 is 0. The van der Waals surface area contributed by atoms with Crippen molar-refractivity contribution < 1.29 is 5.11 Å². The van der Waals surface area contributed by atoms with Crippen LogP contribution in [0, 0.1) is 13.8 Å². The van der Waals surface area contributed by atoms with Crippen LogP contribution in [0.1, 0.15) is 11.4 Å². The summed E-state index contributed by atoms with van der Waals surface area (Å²) in [6.07, 6.45) is 0. The van der Waals surface area contributed by atoms with E-state index in [0.717, 1.165) is 5.56 Å². The highest BCUT2D eigenvalue weighted by Crippen LogP contribution is 2.22. The van der Waals surface area contributed by atoms with Crippen LogP contribution >= 0.6 is 0 Å². The maximum Gasteiger partial charge on any atom is 0.203 e. The molecule has 0 saturated carbocycles. The first-order valence-corrected chi connectivity index (χ1v) is 4.51. The molecule has 0 aliphatic heterocycles. The number of aromatic hydroxyl groups is 1. The Morgan fingerprint density at radius 1 is 1.00 bits per heavy atom. The van der Waals surface area contributed by atoms with Crippen molar-refractivity contribution in [1.82, 2.24) is 20.4 Å². The lowest BCUT2D eigenvalue weighted by Gasteiger charge is -2.01. The Bertz CT molecular complexity index is 481. The van der Waals surface area contributed by atoms with Crippen LogP contribution in [-0.4, -0.2) is 25.5 Å². The highest BCUT2D eigenvalue weighted by Gasteiger charge is 2.04. The Morgan fingerprint density at radius 3 is 2.27 bits per heavy atom. The van der Waals surface area contributed by atoms with Crippen LogP contribution in [0.5, 0.6) is 5.75 Å². The molecule has 0 bridgehead atoms. The van der Waals surface area contributed by atoms with Crippen molar-refractivity contribution in [2.45, 2.75) is 13.8 Å². The second-order valence-corrected chi connectivity index (χ2v) is 3.27. The summed E-state index contributed by atoms with van der Waals surface area (Å²) in [6.45, 7) is 3.54. The number of phenolic OH excluding ortho intramolecular Hbond substituents is 1. The number of hydrogen-bond donors (Lipinski definition) is 1. The van der Waals surface area contributed by atoms with Gasteiger partial charge in [0.05, 0.1) is 0 Å². The van der Waals surface area contributed by atoms with Gasteiger partial charge in [-0.25, -0.2) is 0 Å². The fourth-order valence-corrected chi connectivity index (χ4v) is 1.14. The van der Waals surface area contributed by atoms with Crippen LogP contribution in [0.3, 0.4) is 0 Å². The Labute approximate surface area is 86.8 Å². The van der Waals surface area contributed by atoms with Gasteiger partial charge in [0.1, 0.15) is 5.75 Å². The van der Waals surface area contributed by atoms with Crippen LogP contribution in [0.15, 0.2) is 18.2 Å². The molecular formula is C10H10N4O. The molecule has 1 aromatic carbocycles. The van der Waals surface area contributed by atoms with Crippen molar-refractivity contribution in [3.63, 3.8) is 0 Å². The lowest BCUT2D eigenvalue weighted by Crippen LogP contribution is -1.98. The average molecular weight is 202 g/mol. The molecule has 1 aromatic heterocycles. The Kier molecular flexibility index (Phi) is 2.29. The summed E-state index contributed by atoms with van der Waals surface area (Å²) in [4.78, 5) is 0.